The monoisotopic (exact) mass is 196 g/mol. The van der Waals surface area contributed by atoms with E-state index in [1.807, 2.05) is 24.3 Å². The normalized spacial score (nSPS) is 11.9. The van der Waals surface area contributed by atoms with Crippen molar-refractivity contribution in [2.45, 2.75) is 12.8 Å². The number of rotatable bonds is 0. The Balaban J connectivity index is 0.000000379. The van der Waals surface area contributed by atoms with Crippen molar-refractivity contribution in [3.63, 3.8) is 0 Å². The van der Waals surface area contributed by atoms with Crippen LogP contribution >= 0.6 is 0 Å². The van der Waals surface area contributed by atoms with E-state index >= 15 is 0 Å². The number of benzene rings is 1. The molecule has 0 bridgehead atoms. The maximum atomic E-state index is 11.1. The van der Waals surface area contributed by atoms with Crippen LogP contribution < -0.4 is 0 Å². The molecular weight excluding hydrogens is 180 g/mol. The first-order chi connectivity index (χ1) is 6.88. The van der Waals surface area contributed by atoms with Gasteiger partial charge in [-0.2, -0.15) is 0 Å². The molecule has 0 aliphatic heterocycles. The lowest BCUT2D eigenvalue weighted by molar-refractivity contribution is 0.0994. The van der Waals surface area contributed by atoms with E-state index in [0.29, 0.717) is 12.2 Å². The summed E-state index contributed by atoms with van der Waals surface area (Å²) in [6.45, 7) is 0. The highest BCUT2D eigenvalue weighted by Crippen LogP contribution is 2.20. The van der Waals surface area contributed by atoms with Gasteiger partial charge in [0.15, 0.2) is 5.78 Å². The van der Waals surface area contributed by atoms with Gasteiger partial charge in [-0.25, -0.2) is 0 Å². The van der Waals surface area contributed by atoms with Crippen LogP contribution in [0.2, 0.25) is 0 Å². The van der Waals surface area contributed by atoms with Gasteiger partial charge in [0, 0.05) is 26.2 Å². The summed E-state index contributed by atoms with van der Waals surface area (Å²) in [6.07, 6.45) is 1.65. The van der Waals surface area contributed by atoms with Crippen LogP contribution in [-0.2, 0) is 6.42 Å². The molecule has 3 heteroatoms. The lowest BCUT2D eigenvalue weighted by Crippen LogP contribution is -1.88. The van der Waals surface area contributed by atoms with Gasteiger partial charge in [0.25, 0.3) is 0 Å². The molecule has 0 saturated carbocycles. The molecule has 1 aromatic rings. The summed E-state index contributed by atoms with van der Waals surface area (Å²) in [7, 11) is 2.00. The lowest BCUT2D eigenvalue weighted by atomic mass is 10.1. The van der Waals surface area contributed by atoms with E-state index in [1.54, 1.807) is 0 Å². The third kappa shape index (κ3) is 2.94. The maximum Gasteiger partial charge on any atom is 0.163 e. The van der Waals surface area contributed by atoms with Gasteiger partial charge in [-0.1, -0.05) is 24.3 Å². The van der Waals surface area contributed by atoms with Gasteiger partial charge >= 0.3 is 0 Å². The minimum absolute atomic E-state index is 0.301. The molecule has 1 aliphatic carbocycles. The molecular formula is C11H16O3. The average Bonchev–Trinajstić information content (AvgIpc) is 2.67. The molecule has 0 aromatic heterocycles. The van der Waals surface area contributed by atoms with Crippen LogP contribution in [-0.4, -0.2) is 30.2 Å². The topological polar surface area (TPSA) is 57.5 Å². The second-order valence-corrected chi connectivity index (χ2v) is 2.58. The van der Waals surface area contributed by atoms with Gasteiger partial charge in [-0.15, -0.1) is 0 Å². The van der Waals surface area contributed by atoms with Crippen LogP contribution in [0, 0.1) is 0 Å². The highest BCUT2D eigenvalue weighted by Gasteiger charge is 2.17. The highest BCUT2D eigenvalue weighted by molar-refractivity contribution is 6.00. The van der Waals surface area contributed by atoms with Crippen LogP contribution in [0.25, 0.3) is 0 Å². The summed E-state index contributed by atoms with van der Waals surface area (Å²) in [6, 6.07) is 7.84. The summed E-state index contributed by atoms with van der Waals surface area (Å²) < 4.78 is 0. The fraction of sp³-hybridized carbons (Fsp3) is 0.364. The first kappa shape index (κ1) is 12.8. The molecule has 2 rings (SSSR count). The number of fused-ring (bicyclic) bond motifs is 1. The fourth-order valence-electron chi connectivity index (χ4n) is 1.39. The Hall–Kier alpha value is -1.19. The predicted octanol–water partition coefficient (Wildman–Crippen LogP) is 1.03. The quantitative estimate of drug-likeness (QED) is 0.651. The number of hydrogen-bond acceptors (Lipinski definition) is 3. The number of aliphatic hydroxyl groups is 2. The molecule has 78 valence electrons. The summed E-state index contributed by atoms with van der Waals surface area (Å²) in [5.41, 5.74) is 2.15. The van der Waals surface area contributed by atoms with Crippen molar-refractivity contribution in [2.24, 2.45) is 0 Å². The van der Waals surface area contributed by atoms with Gasteiger partial charge in [0.05, 0.1) is 0 Å². The molecule has 1 aliphatic rings. The van der Waals surface area contributed by atoms with Crippen LogP contribution in [0.3, 0.4) is 0 Å². The van der Waals surface area contributed by atoms with Crippen LogP contribution in [0.15, 0.2) is 24.3 Å². The first-order valence-corrected chi connectivity index (χ1v) is 4.38. The number of aryl methyl sites for hydroxylation is 1. The summed E-state index contributed by atoms with van der Waals surface area (Å²) >= 11 is 0. The van der Waals surface area contributed by atoms with E-state index in [2.05, 4.69) is 0 Å². The zero-order valence-corrected chi connectivity index (χ0v) is 8.53. The number of carbonyl (C=O) groups excluding carboxylic acids is 1. The number of hydrogen-bond donors (Lipinski definition) is 2. The Labute approximate surface area is 84.0 Å². The van der Waals surface area contributed by atoms with E-state index in [9.17, 15) is 4.79 Å². The van der Waals surface area contributed by atoms with Gasteiger partial charge in [0.1, 0.15) is 0 Å². The molecule has 14 heavy (non-hydrogen) atoms. The van der Waals surface area contributed by atoms with Crippen molar-refractivity contribution in [2.75, 3.05) is 14.2 Å². The minimum Gasteiger partial charge on any atom is -0.400 e. The molecule has 0 amide bonds. The van der Waals surface area contributed by atoms with Crippen LogP contribution in [0.1, 0.15) is 22.3 Å². The molecule has 0 saturated heterocycles. The zero-order valence-electron chi connectivity index (χ0n) is 8.53. The van der Waals surface area contributed by atoms with Crippen LogP contribution in [0.4, 0.5) is 0 Å². The molecule has 0 atom stereocenters. The first-order valence-electron chi connectivity index (χ1n) is 4.38. The number of aliphatic hydroxyl groups excluding tert-OH is 2. The predicted molar refractivity (Wildman–Crippen MR) is 55.4 cm³/mol. The van der Waals surface area contributed by atoms with E-state index in [-0.39, 0.29) is 0 Å². The molecule has 2 N–H and O–H groups in total. The Morgan fingerprint density at radius 2 is 1.57 bits per heavy atom. The molecule has 0 fully saturated rings. The summed E-state index contributed by atoms with van der Waals surface area (Å²) in [5.74, 6) is 0.301. The van der Waals surface area contributed by atoms with Gasteiger partial charge < -0.3 is 10.2 Å². The Bertz CT molecular complexity index is 282. The Morgan fingerprint density at radius 3 is 2.14 bits per heavy atom. The Kier molecular flexibility index (Phi) is 6.62. The van der Waals surface area contributed by atoms with Crippen molar-refractivity contribution in [3.05, 3.63) is 35.4 Å². The summed E-state index contributed by atoms with van der Waals surface area (Å²) in [5, 5.41) is 14.0. The van der Waals surface area contributed by atoms with Gasteiger partial charge in [-0.3, -0.25) is 4.79 Å². The highest BCUT2D eigenvalue weighted by atomic mass is 16.2. The van der Waals surface area contributed by atoms with Crippen LogP contribution in [0.5, 0.6) is 0 Å². The lowest BCUT2D eigenvalue weighted by Gasteiger charge is -1.92. The molecule has 0 spiro atoms. The molecule has 3 nitrogen and oxygen atoms in total. The molecule has 1 aromatic carbocycles. The second-order valence-electron chi connectivity index (χ2n) is 2.58. The van der Waals surface area contributed by atoms with Gasteiger partial charge in [-0.05, 0) is 12.0 Å². The average molecular weight is 196 g/mol. The van der Waals surface area contributed by atoms with E-state index in [0.717, 1.165) is 26.2 Å². The maximum absolute atomic E-state index is 11.1. The van der Waals surface area contributed by atoms with Crippen molar-refractivity contribution >= 4 is 5.78 Å². The van der Waals surface area contributed by atoms with E-state index < -0.39 is 0 Å². The minimum atomic E-state index is 0.301. The number of carbonyl (C=O) groups is 1. The van der Waals surface area contributed by atoms with Crippen molar-refractivity contribution in [3.8, 4) is 0 Å². The molecule has 0 radical (unpaired) electrons. The Morgan fingerprint density at radius 1 is 1.00 bits per heavy atom. The van der Waals surface area contributed by atoms with Crippen molar-refractivity contribution in [1.82, 2.24) is 0 Å². The van der Waals surface area contributed by atoms with Crippen molar-refractivity contribution < 1.29 is 15.0 Å². The molecule has 0 unspecified atom stereocenters. The zero-order chi connectivity index (χ0) is 11.0. The third-order valence-electron chi connectivity index (χ3n) is 1.94. The van der Waals surface area contributed by atoms with Gasteiger partial charge in [0.2, 0.25) is 0 Å². The largest absolute Gasteiger partial charge is 0.400 e. The van der Waals surface area contributed by atoms with E-state index in [1.165, 1.54) is 5.56 Å². The number of ketones is 1. The van der Waals surface area contributed by atoms with E-state index in [4.69, 9.17) is 10.2 Å². The summed E-state index contributed by atoms with van der Waals surface area (Å²) in [4.78, 5) is 11.1. The number of Topliss-reactive ketones (excluding diaryl/α,β-unsaturated/α-hetero) is 1. The third-order valence-corrected chi connectivity index (χ3v) is 1.94. The smallest absolute Gasteiger partial charge is 0.163 e. The SMILES string of the molecule is CO.CO.O=C1CCc2ccccc21. The second kappa shape index (κ2) is 7.24. The molecule has 0 heterocycles. The van der Waals surface area contributed by atoms with Crippen molar-refractivity contribution in [1.29, 1.82) is 0 Å². The standard InChI is InChI=1S/C9H8O.2CH4O/c10-9-6-5-7-3-1-2-4-8(7)9;2*1-2/h1-4H,5-6H2;2*2H,1H3. The fourth-order valence-corrected chi connectivity index (χ4v) is 1.39.